The first kappa shape index (κ1) is 14.4. The summed E-state index contributed by atoms with van der Waals surface area (Å²) < 4.78 is 1.78. The van der Waals surface area contributed by atoms with Crippen molar-refractivity contribution in [3.63, 3.8) is 0 Å². The third-order valence-electron chi connectivity index (χ3n) is 3.81. The molecule has 1 aromatic heterocycles. The summed E-state index contributed by atoms with van der Waals surface area (Å²) in [7, 11) is 0. The molecule has 3 aromatic rings. The van der Waals surface area contributed by atoms with Crippen molar-refractivity contribution < 1.29 is 0 Å². The highest BCUT2D eigenvalue weighted by molar-refractivity contribution is 5.93. The minimum absolute atomic E-state index is 0.0858. The van der Waals surface area contributed by atoms with E-state index < -0.39 is 0 Å². The van der Waals surface area contributed by atoms with Crippen molar-refractivity contribution in [2.45, 2.75) is 26.4 Å². The first-order valence-electron chi connectivity index (χ1n) is 7.69. The molecule has 0 aliphatic heterocycles. The van der Waals surface area contributed by atoms with E-state index in [0.717, 1.165) is 36.0 Å². The number of benzene rings is 2. The van der Waals surface area contributed by atoms with E-state index in [1.165, 1.54) is 5.56 Å². The molecule has 0 atom stereocenters. The van der Waals surface area contributed by atoms with Crippen LogP contribution in [-0.4, -0.2) is 4.57 Å². The van der Waals surface area contributed by atoms with Gasteiger partial charge in [0.05, 0.1) is 0 Å². The molecule has 0 saturated heterocycles. The van der Waals surface area contributed by atoms with Gasteiger partial charge < -0.3 is 9.88 Å². The molecule has 1 heterocycles. The summed E-state index contributed by atoms with van der Waals surface area (Å²) in [6.07, 6.45) is 2.85. The number of anilines is 1. The first-order chi connectivity index (χ1) is 10.8. The average molecular weight is 292 g/mol. The van der Waals surface area contributed by atoms with Crippen LogP contribution in [0.5, 0.6) is 0 Å². The molecule has 0 radical (unpaired) electrons. The maximum atomic E-state index is 12.5. The minimum atomic E-state index is 0.0858. The average Bonchev–Trinajstić information content (AvgIpc) is 2.57. The van der Waals surface area contributed by atoms with Crippen LogP contribution < -0.4 is 10.9 Å². The Bertz CT molecular complexity index is 822. The van der Waals surface area contributed by atoms with Crippen molar-refractivity contribution in [1.82, 2.24) is 4.57 Å². The quantitative estimate of drug-likeness (QED) is 0.770. The lowest BCUT2D eigenvalue weighted by atomic mass is 10.1. The molecule has 1 N–H and O–H groups in total. The van der Waals surface area contributed by atoms with Crippen LogP contribution in [0, 0.1) is 0 Å². The minimum Gasteiger partial charge on any atom is -0.380 e. The Morgan fingerprint density at radius 2 is 1.77 bits per heavy atom. The molecule has 0 saturated carbocycles. The molecule has 3 nitrogen and oxygen atoms in total. The van der Waals surface area contributed by atoms with Gasteiger partial charge in [-0.05, 0) is 30.2 Å². The Labute approximate surface area is 130 Å². The fourth-order valence-corrected chi connectivity index (χ4v) is 2.68. The third kappa shape index (κ3) is 2.89. The van der Waals surface area contributed by atoms with E-state index in [4.69, 9.17) is 0 Å². The van der Waals surface area contributed by atoms with Crippen LogP contribution in [-0.2, 0) is 13.1 Å². The predicted molar refractivity (Wildman–Crippen MR) is 92.3 cm³/mol. The van der Waals surface area contributed by atoms with Crippen LogP contribution in [0.25, 0.3) is 10.8 Å². The van der Waals surface area contributed by atoms with Crippen LogP contribution >= 0.6 is 0 Å². The van der Waals surface area contributed by atoms with E-state index >= 15 is 0 Å². The SMILES string of the molecule is CCCn1ccc2c(NCc3ccccc3)cccc2c1=O. The second-order valence-corrected chi connectivity index (χ2v) is 5.42. The molecule has 3 rings (SSSR count). The smallest absolute Gasteiger partial charge is 0.258 e. The van der Waals surface area contributed by atoms with Gasteiger partial charge in [0.25, 0.3) is 5.56 Å². The number of aromatic nitrogens is 1. The molecule has 0 spiro atoms. The maximum Gasteiger partial charge on any atom is 0.258 e. The lowest BCUT2D eigenvalue weighted by molar-refractivity contribution is 0.659. The van der Waals surface area contributed by atoms with Crippen molar-refractivity contribution in [3.05, 3.63) is 76.7 Å². The van der Waals surface area contributed by atoms with Crippen LogP contribution in [0.15, 0.2) is 65.6 Å². The van der Waals surface area contributed by atoms with Gasteiger partial charge in [0.2, 0.25) is 0 Å². The molecule has 0 amide bonds. The van der Waals surface area contributed by atoms with Crippen molar-refractivity contribution in [2.24, 2.45) is 0 Å². The molecular formula is C19H20N2O. The number of fused-ring (bicyclic) bond motifs is 1. The third-order valence-corrected chi connectivity index (χ3v) is 3.81. The van der Waals surface area contributed by atoms with Gasteiger partial charge in [-0.1, -0.05) is 43.3 Å². The normalized spacial score (nSPS) is 10.8. The molecule has 112 valence electrons. The van der Waals surface area contributed by atoms with Gasteiger partial charge in [-0.3, -0.25) is 4.79 Å². The number of nitrogens with zero attached hydrogens (tertiary/aromatic N) is 1. The lowest BCUT2D eigenvalue weighted by Gasteiger charge is -2.11. The van der Waals surface area contributed by atoms with Crippen molar-refractivity contribution in [1.29, 1.82) is 0 Å². The summed E-state index contributed by atoms with van der Waals surface area (Å²) in [5, 5.41) is 5.19. The second-order valence-electron chi connectivity index (χ2n) is 5.42. The first-order valence-corrected chi connectivity index (χ1v) is 7.69. The van der Waals surface area contributed by atoms with Gasteiger partial charge in [-0.2, -0.15) is 0 Å². The Balaban J connectivity index is 1.94. The van der Waals surface area contributed by atoms with E-state index in [-0.39, 0.29) is 5.56 Å². The van der Waals surface area contributed by atoms with E-state index in [9.17, 15) is 4.79 Å². The predicted octanol–water partition coefficient (Wildman–Crippen LogP) is 4.02. The molecule has 0 bridgehead atoms. The number of aryl methyl sites for hydroxylation is 1. The van der Waals surface area contributed by atoms with Crippen LogP contribution in [0.2, 0.25) is 0 Å². The summed E-state index contributed by atoms with van der Waals surface area (Å²) in [6.45, 7) is 3.59. The lowest BCUT2D eigenvalue weighted by Crippen LogP contribution is -2.19. The Morgan fingerprint density at radius 1 is 0.955 bits per heavy atom. The van der Waals surface area contributed by atoms with Crippen molar-refractivity contribution in [2.75, 3.05) is 5.32 Å². The molecular weight excluding hydrogens is 272 g/mol. The highest BCUT2D eigenvalue weighted by Crippen LogP contribution is 2.21. The summed E-state index contributed by atoms with van der Waals surface area (Å²) in [5.41, 5.74) is 2.31. The molecule has 0 aliphatic rings. The topological polar surface area (TPSA) is 34.0 Å². The van der Waals surface area contributed by atoms with Crippen LogP contribution in [0.1, 0.15) is 18.9 Å². The van der Waals surface area contributed by atoms with E-state index in [1.807, 2.05) is 48.7 Å². The van der Waals surface area contributed by atoms with Gasteiger partial charge >= 0.3 is 0 Å². The number of nitrogens with one attached hydrogen (secondary N) is 1. The molecule has 2 aromatic carbocycles. The molecule has 0 fully saturated rings. The number of pyridine rings is 1. The monoisotopic (exact) mass is 292 g/mol. The van der Waals surface area contributed by atoms with Crippen molar-refractivity contribution in [3.8, 4) is 0 Å². The van der Waals surface area contributed by atoms with E-state index in [1.54, 1.807) is 4.57 Å². The van der Waals surface area contributed by atoms with Gasteiger partial charge in [0.15, 0.2) is 0 Å². The number of hydrogen-bond donors (Lipinski definition) is 1. The second kappa shape index (κ2) is 6.48. The number of hydrogen-bond acceptors (Lipinski definition) is 2. The Hall–Kier alpha value is -2.55. The zero-order valence-electron chi connectivity index (χ0n) is 12.8. The highest BCUT2D eigenvalue weighted by Gasteiger charge is 2.06. The summed E-state index contributed by atoms with van der Waals surface area (Å²) >= 11 is 0. The molecule has 0 aliphatic carbocycles. The summed E-state index contributed by atoms with van der Waals surface area (Å²) in [4.78, 5) is 12.5. The largest absolute Gasteiger partial charge is 0.380 e. The molecule has 22 heavy (non-hydrogen) atoms. The molecule has 0 unspecified atom stereocenters. The van der Waals surface area contributed by atoms with Gasteiger partial charge in [-0.25, -0.2) is 0 Å². The van der Waals surface area contributed by atoms with Gasteiger partial charge in [0, 0.05) is 35.7 Å². The van der Waals surface area contributed by atoms with Gasteiger partial charge in [-0.15, -0.1) is 0 Å². The maximum absolute atomic E-state index is 12.5. The summed E-state index contributed by atoms with van der Waals surface area (Å²) in [5.74, 6) is 0. The standard InChI is InChI=1S/C19H20N2O/c1-2-12-21-13-11-16-17(19(21)22)9-6-10-18(16)20-14-15-7-4-3-5-8-15/h3-11,13,20H,2,12,14H2,1H3. The Morgan fingerprint density at radius 3 is 2.55 bits per heavy atom. The van der Waals surface area contributed by atoms with Gasteiger partial charge in [0.1, 0.15) is 0 Å². The van der Waals surface area contributed by atoms with E-state index in [0.29, 0.717) is 0 Å². The van der Waals surface area contributed by atoms with Crippen LogP contribution in [0.4, 0.5) is 5.69 Å². The zero-order valence-corrected chi connectivity index (χ0v) is 12.8. The van der Waals surface area contributed by atoms with E-state index in [2.05, 4.69) is 24.4 Å². The van der Waals surface area contributed by atoms with Crippen molar-refractivity contribution >= 4 is 16.5 Å². The Kier molecular flexibility index (Phi) is 4.24. The zero-order chi connectivity index (χ0) is 15.4. The van der Waals surface area contributed by atoms with Crippen LogP contribution in [0.3, 0.4) is 0 Å². The molecule has 3 heteroatoms. The fraction of sp³-hybridized carbons (Fsp3) is 0.211. The highest BCUT2D eigenvalue weighted by atomic mass is 16.1. The fourth-order valence-electron chi connectivity index (χ4n) is 2.68. The summed E-state index contributed by atoms with van der Waals surface area (Å²) in [6, 6.07) is 18.1. The number of rotatable bonds is 5.